The summed E-state index contributed by atoms with van der Waals surface area (Å²) in [4.78, 5) is 26.3. The first-order valence-electron chi connectivity index (χ1n) is 15.3. The fraction of sp³-hybridized carbons (Fsp3) is 0.444. The van der Waals surface area contributed by atoms with E-state index in [2.05, 4.69) is 26.8 Å². The van der Waals surface area contributed by atoms with Gasteiger partial charge in [-0.15, -0.1) is 0 Å². The van der Waals surface area contributed by atoms with Gasteiger partial charge in [0, 0.05) is 0 Å². The van der Waals surface area contributed by atoms with E-state index in [0.29, 0.717) is 23.3 Å². The average Bonchev–Trinajstić information content (AvgIpc) is 2.98. The Hall–Kier alpha value is -3.80. The van der Waals surface area contributed by atoms with Crippen LogP contribution in [-0.4, -0.2) is 19.2 Å². The third-order valence-corrected chi connectivity index (χ3v) is 7.02. The van der Waals surface area contributed by atoms with E-state index in [-0.39, 0.29) is 23.7 Å². The lowest BCUT2D eigenvalue weighted by Gasteiger charge is -2.14. The molecular formula is C36H46O6. The van der Waals surface area contributed by atoms with E-state index >= 15 is 0 Å². The van der Waals surface area contributed by atoms with Crippen LogP contribution in [0.4, 0.5) is 0 Å². The van der Waals surface area contributed by atoms with Gasteiger partial charge in [-0.3, -0.25) is 0 Å². The van der Waals surface area contributed by atoms with Crippen LogP contribution in [0, 0.1) is 0 Å². The molecule has 0 atom stereocenters. The highest BCUT2D eigenvalue weighted by Gasteiger charge is 2.23. The number of rotatable bonds is 18. The molecule has 6 nitrogen and oxygen atoms in total. The number of esters is 1. The van der Waals surface area contributed by atoms with E-state index in [1.807, 2.05) is 19.1 Å². The van der Waals surface area contributed by atoms with Crippen molar-refractivity contribution in [3.05, 3.63) is 87.8 Å². The molecule has 226 valence electrons. The predicted octanol–water partition coefficient (Wildman–Crippen LogP) is 9.60. The minimum absolute atomic E-state index is 0.0308. The third kappa shape index (κ3) is 10.6. The summed E-state index contributed by atoms with van der Waals surface area (Å²) in [6.07, 6.45) is 15.5. The molecule has 3 aromatic rings. The van der Waals surface area contributed by atoms with Crippen molar-refractivity contribution in [2.24, 2.45) is 0 Å². The molecule has 6 heteroatoms. The van der Waals surface area contributed by atoms with Crippen molar-refractivity contribution >= 4 is 16.9 Å². The first-order valence-corrected chi connectivity index (χ1v) is 15.3. The van der Waals surface area contributed by atoms with Crippen LogP contribution < -0.4 is 19.8 Å². The van der Waals surface area contributed by atoms with E-state index in [9.17, 15) is 9.59 Å². The molecule has 0 saturated heterocycles. The van der Waals surface area contributed by atoms with E-state index < -0.39 is 11.6 Å². The normalized spacial score (nSPS) is 11.4. The number of unbranched alkanes of at least 4 members (excludes halogenated alkanes) is 7. The fourth-order valence-corrected chi connectivity index (χ4v) is 4.60. The molecule has 0 fully saturated rings. The zero-order chi connectivity index (χ0) is 30.2. The minimum Gasteiger partial charge on any atom is -0.490 e. The second-order valence-electron chi connectivity index (χ2n) is 10.9. The van der Waals surface area contributed by atoms with E-state index in [4.69, 9.17) is 18.6 Å². The molecule has 3 rings (SSSR count). The van der Waals surface area contributed by atoms with Gasteiger partial charge >= 0.3 is 11.6 Å². The Morgan fingerprint density at radius 3 is 2.24 bits per heavy atom. The van der Waals surface area contributed by atoms with Gasteiger partial charge in [0.15, 0.2) is 17.1 Å². The third-order valence-electron chi connectivity index (χ3n) is 7.02. The van der Waals surface area contributed by atoms with Crippen molar-refractivity contribution in [1.82, 2.24) is 0 Å². The molecule has 0 amide bonds. The molecule has 0 aliphatic carbocycles. The van der Waals surface area contributed by atoms with Gasteiger partial charge < -0.3 is 18.6 Å². The Morgan fingerprint density at radius 2 is 1.52 bits per heavy atom. The second-order valence-corrected chi connectivity index (χ2v) is 10.9. The topological polar surface area (TPSA) is 75.0 Å². The van der Waals surface area contributed by atoms with Crippen molar-refractivity contribution in [3.8, 4) is 17.2 Å². The van der Waals surface area contributed by atoms with Crippen molar-refractivity contribution in [1.29, 1.82) is 0 Å². The van der Waals surface area contributed by atoms with Crippen LogP contribution in [0.3, 0.4) is 0 Å². The molecule has 0 spiro atoms. The lowest BCUT2D eigenvalue weighted by atomic mass is 10.1. The quantitative estimate of drug-likeness (QED) is 0.0652. The zero-order valence-electron chi connectivity index (χ0n) is 25.7. The van der Waals surface area contributed by atoms with Crippen LogP contribution in [0.1, 0.15) is 102 Å². The second kappa shape index (κ2) is 17.9. The molecule has 0 aliphatic rings. The van der Waals surface area contributed by atoms with Crippen LogP contribution >= 0.6 is 0 Å². The van der Waals surface area contributed by atoms with E-state index in [1.165, 1.54) is 44.1 Å². The highest BCUT2D eigenvalue weighted by molar-refractivity contribution is 5.96. The lowest BCUT2D eigenvalue weighted by Crippen LogP contribution is -2.15. The number of carbonyl (C=O) groups excluding carboxylic acids is 1. The SMILES string of the molecule is CCCCCCCCCCOc1cccc2c(OC(=O)c3ccccc3)c(OC/C=C(\C)CCC=C(C)C)c(=O)oc12. The first kappa shape index (κ1) is 32.7. The van der Waals surface area contributed by atoms with Crippen LogP contribution in [0.15, 0.2) is 81.0 Å². The number of para-hydroxylation sites is 1. The van der Waals surface area contributed by atoms with Gasteiger partial charge in [-0.25, -0.2) is 9.59 Å². The number of allylic oxidation sites excluding steroid dienone is 3. The van der Waals surface area contributed by atoms with Gasteiger partial charge in [0.2, 0.25) is 5.75 Å². The molecule has 0 N–H and O–H groups in total. The standard InChI is InChI=1S/C36H46O6/c1-5-6-7-8-9-10-11-15-25-39-31-23-17-22-30-32(31)41-36(38)34(40-26-24-28(4)19-16-18-27(2)3)33(30)42-35(37)29-20-13-12-14-21-29/h12-14,17-18,20-24H,5-11,15-16,19,25-26H2,1-4H3/b28-24+. The highest BCUT2D eigenvalue weighted by atomic mass is 16.6. The summed E-state index contributed by atoms with van der Waals surface area (Å²) >= 11 is 0. The molecule has 0 bridgehead atoms. The van der Waals surface area contributed by atoms with E-state index in [0.717, 1.165) is 31.3 Å². The van der Waals surface area contributed by atoms with Crippen LogP contribution in [0.25, 0.3) is 11.0 Å². The number of fused-ring (bicyclic) bond motifs is 1. The van der Waals surface area contributed by atoms with Gasteiger partial charge in [-0.05, 0) is 70.4 Å². The Bertz CT molecular complexity index is 1380. The largest absolute Gasteiger partial charge is 0.490 e. The molecule has 1 aromatic heterocycles. The van der Waals surface area contributed by atoms with Crippen molar-refractivity contribution in [2.75, 3.05) is 13.2 Å². The summed E-state index contributed by atoms with van der Waals surface area (Å²) in [6.45, 7) is 9.05. The summed E-state index contributed by atoms with van der Waals surface area (Å²) in [6, 6.07) is 13.9. The van der Waals surface area contributed by atoms with Crippen LogP contribution in [0.5, 0.6) is 17.2 Å². The number of carbonyl (C=O) groups is 1. The van der Waals surface area contributed by atoms with Gasteiger partial charge in [-0.1, -0.05) is 93.4 Å². The molecule has 0 unspecified atom stereocenters. The summed E-state index contributed by atoms with van der Waals surface area (Å²) in [7, 11) is 0. The van der Waals surface area contributed by atoms with Crippen molar-refractivity contribution in [2.45, 2.75) is 91.9 Å². The smallest absolute Gasteiger partial charge is 0.383 e. The van der Waals surface area contributed by atoms with Gasteiger partial charge in [-0.2, -0.15) is 0 Å². The van der Waals surface area contributed by atoms with Gasteiger partial charge in [0.25, 0.3) is 0 Å². The predicted molar refractivity (Wildman–Crippen MR) is 170 cm³/mol. The zero-order valence-corrected chi connectivity index (χ0v) is 25.7. The summed E-state index contributed by atoms with van der Waals surface area (Å²) in [5, 5.41) is 0.437. The maximum absolute atomic E-state index is 13.2. The van der Waals surface area contributed by atoms with Gasteiger partial charge in [0.05, 0.1) is 17.6 Å². The first-order chi connectivity index (χ1) is 20.4. The number of ether oxygens (including phenoxy) is 3. The molecule has 0 aliphatic heterocycles. The van der Waals surface area contributed by atoms with E-state index in [1.54, 1.807) is 42.5 Å². The molecule has 0 saturated carbocycles. The highest BCUT2D eigenvalue weighted by Crippen LogP contribution is 2.37. The molecule has 42 heavy (non-hydrogen) atoms. The maximum Gasteiger partial charge on any atom is 0.383 e. The molecule has 0 radical (unpaired) electrons. The monoisotopic (exact) mass is 574 g/mol. The van der Waals surface area contributed by atoms with Gasteiger partial charge in [0.1, 0.15) is 6.61 Å². The number of hydrogen-bond acceptors (Lipinski definition) is 6. The molecule has 2 aromatic carbocycles. The number of hydrogen-bond donors (Lipinski definition) is 0. The minimum atomic E-state index is -0.725. The Balaban J connectivity index is 1.79. The van der Waals surface area contributed by atoms with Crippen molar-refractivity contribution < 1.29 is 23.4 Å². The Labute approximate surface area is 250 Å². The molecule has 1 heterocycles. The molecular weight excluding hydrogens is 528 g/mol. The number of benzene rings is 2. The average molecular weight is 575 g/mol. The maximum atomic E-state index is 13.2. The van der Waals surface area contributed by atoms with Crippen LogP contribution in [0.2, 0.25) is 0 Å². The van der Waals surface area contributed by atoms with Crippen LogP contribution in [-0.2, 0) is 0 Å². The summed E-state index contributed by atoms with van der Waals surface area (Å²) < 4.78 is 23.5. The summed E-state index contributed by atoms with van der Waals surface area (Å²) in [5.41, 5.74) is 2.29. The van der Waals surface area contributed by atoms with Crippen molar-refractivity contribution in [3.63, 3.8) is 0 Å². The fourth-order valence-electron chi connectivity index (χ4n) is 4.60. The Kier molecular flexibility index (Phi) is 13.9. The lowest BCUT2D eigenvalue weighted by molar-refractivity contribution is 0.0730. The Morgan fingerprint density at radius 1 is 0.810 bits per heavy atom. The summed E-state index contributed by atoms with van der Waals surface area (Å²) in [5.74, 6) is -0.263.